The van der Waals surface area contributed by atoms with Crippen molar-refractivity contribution in [3.05, 3.63) is 71.8 Å². The molecule has 0 saturated heterocycles. The van der Waals surface area contributed by atoms with Crippen molar-refractivity contribution in [2.45, 2.75) is 12.3 Å². The lowest BCUT2D eigenvalue weighted by Gasteiger charge is -2.18. The van der Waals surface area contributed by atoms with Crippen LogP contribution < -0.4 is 10.6 Å². The van der Waals surface area contributed by atoms with Crippen molar-refractivity contribution in [2.24, 2.45) is 0 Å². The minimum atomic E-state index is 0.0140. The zero-order valence-corrected chi connectivity index (χ0v) is 14.2. The molecule has 0 radical (unpaired) electrons. The van der Waals surface area contributed by atoms with E-state index in [2.05, 4.69) is 47.0 Å². The Hall–Kier alpha value is -2.17. The van der Waals surface area contributed by atoms with Crippen molar-refractivity contribution >= 4 is 5.91 Å². The molecule has 128 valence electrons. The molecule has 0 spiro atoms. The van der Waals surface area contributed by atoms with E-state index in [1.54, 1.807) is 7.11 Å². The van der Waals surface area contributed by atoms with E-state index in [9.17, 15) is 4.79 Å². The summed E-state index contributed by atoms with van der Waals surface area (Å²) in [7, 11) is 1.65. The van der Waals surface area contributed by atoms with E-state index in [1.807, 2.05) is 24.3 Å². The van der Waals surface area contributed by atoms with Gasteiger partial charge in [0.2, 0.25) is 5.91 Å². The van der Waals surface area contributed by atoms with Crippen LogP contribution in [0.5, 0.6) is 0 Å². The second-order valence-corrected chi connectivity index (χ2v) is 5.77. The number of amides is 1. The number of carbonyl (C=O) groups excluding carboxylic acids is 1. The van der Waals surface area contributed by atoms with Gasteiger partial charge >= 0.3 is 0 Å². The molecule has 4 nitrogen and oxygen atoms in total. The van der Waals surface area contributed by atoms with Gasteiger partial charge in [-0.3, -0.25) is 4.79 Å². The van der Waals surface area contributed by atoms with E-state index >= 15 is 0 Å². The van der Waals surface area contributed by atoms with Gasteiger partial charge in [0.15, 0.2) is 0 Å². The topological polar surface area (TPSA) is 50.4 Å². The van der Waals surface area contributed by atoms with E-state index in [1.165, 1.54) is 11.1 Å². The summed E-state index contributed by atoms with van der Waals surface area (Å²) in [4.78, 5) is 12.0. The lowest BCUT2D eigenvalue weighted by Crippen LogP contribution is -2.37. The van der Waals surface area contributed by atoms with Crippen molar-refractivity contribution < 1.29 is 9.53 Å². The number of rotatable bonds is 10. The van der Waals surface area contributed by atoms with Crippen LogP contribution in [0.3, 0.4) is 0 Å². The zero-order valence-electron chi connectivity index (χ0n) is 14.2. The summed E-state index contributed by atoms with van der Waals surface area (Å²) >= 11 is 0. The quantitative estimate of drug-likeness (QED) is 0.659. The van der Waals surface area contributed by atoms with E-state index < -0.39 is 0 Å². The molecule has 0 heterocycles. The number of hydrogen-bond acceptors (Lipinski definition) is 3. The van der Waals surface area contributed by atoms with Crippen molar-refractivity contribution in [1.82, 2.24) is 10.6 Å². The van der Waals surface area contributed by atoms with E-state index in [-0.39, 0.29) is 11.8 Å². The van der Waals surface area contributed by atoms with Gasteiger partial charge in [-0.2, -0.15) is 0 Å². The maximum absolute atomic E-state index is 12.0. The summed E-state index contributed by atoms with van der Waals surface area (Å²) in [6.07, 6.45) is 0.905. The third-order valence-corrected chi connectivity index (χ3v) is 3.91. The van der Waals surface area contributed by atoms with Crippen LogP contribution in [-0.4, -0.2) is 39.3 Å². The number of benzene rings is 2. The van der Waals surface area contributed by atoms with Crippen LogP contribution in [0.25, 0.3) is 0 Å². The molecule has 1 amide bonds. The predicted molar refractivity (Wildman–Crippen MR) is 97.1 cm³/mol. The third-order valence-electron chi connectivity index (χ3n) is 3.91. The standard InChI is InChI=1S/C20H26N2O2/c1-24-13-12-21-16-20(23)22-15-19(18-10-6-3-7-11-18)14-17-8-4-2-5-9-17/h2-11,19,21H,12-16H2,1H3,(H,22,23). The summed E-state index contributed by atoms with van der Waals surface area (Å²) < 4.78 is 4.95. The van der Waals surface area contributed by atoms with Gasteiger partial charge in [0.05, 0.1) is 13.2 Å². The lowest BCUT2D eigenvalue weighted by atomic mass is 9.92. The highest BCUT2D eigenvalue weighted by Gasteiger charge is 2.13. The number of hydrogen-bond donors (Lipinski definition) is 2. The molecule has 1 atom stereocenters. The molecule has 2 N–H and O–H groups in total. The average molecular weight is 326 g/mol. The lowest BCUT2D eigenvalue weighted by molar-refractivity contribution is -0.120. The van der Waals surface area contributed by atoms with Gasteiger partial charge in [-0.25, -0.2) is 0 Å². The second kappa shape index (κ2) is 10.6. The Kier molecular flexibility index (Phi) is 8.01. The normalized spacial score (nSPS) is 11.9. The molecule has 0 saturated carbocycles. The Morgan fingerprint density at radius 2 is 1.71 bits per heavy atom. The maximum Gasteiger partial charge on any atom is 0.233 e. The van der Waals surface area contributed by atoms with Crippen LogP contribution in [0.4, 0.5) is 0 Å². The summed E-state index contributed by atoms with van der Waals surface area (Å²) in [5.41, 5.74) is 2.52. The first-order valence-corrected chi connectivity index (χ1v) is 8.35. The SMILES string of the molecule is COCCNCC(=O)NCC(Cc1ccccc1)c1ccccc1. The van der Waals surface area contributed by atoms with Crippen molar-refractivity contribution in [3.8, 4) is 0 Å². The molecule has 2 rings (SSSR count). The van der Waals surface area contributed by atoms with Crippen LogP contribution in [0, 0.1) is 0 Å². The number of methoxy groups -OCH3 is 1. The summed E-state index contributed by atoms with van der Waals surface area (Å²) in [5, 5.41) is 6.10. The van der Waals surface area contributed by atoms with Gasteiger partial charge in [-0.05, 0) is 17.5 Å². The van der Waals surface area contributed by atoms with Crippen molar-refractivity contribution in [1.29, 1.82) is 0 Å². The van der Waals surface area contributed by atoms with Crippen molar-refractivity contribution in [3.63, 3.8) is 0 Å². The second-order valence-electron chi connectivity index (χ2n) is 5.77. The first-order chi connectivity index (χ1) is 11.8. The molecule has 1 unspecified atom stereocenters. The van der Waals surface area contributed by atoms with Crippen LogP contribution in [0.15, 0.2) is 60.7 Å². The molecule has 0 fully saturated rings. The summed E-state index contributed by atoms with van der Waals surface area (Å²) in [6.45, 7) is 2.23. The number of nitrogens with one attached hydrogen (secondary N) is 2. The number of carbonyl (C=O) groups is 1. The van der Waals surface area contributed by atoms with Gasteiger partial charge in [0, 0.05) is 26.1 Å². The maximum atomic E-state index is 12.0. The molecule has 24 heavy (non-hydrogen) atoms. The minimum Gasteiger partial charge on any atom is -0.383 e. The highest BCUT2D eigenvalue weighted by molar-refractivity contribution is 5.78. The highest BCUT2D eigenvalue weighted by Crippen LogP contribution is 2.20. The Balaban J connectivity index is 1.90. The fourth-order valence-electron chi connectivity index (χ4n) is 2.61. The molecular weight excluding hydrogens is 300 g/mol. The molecule has 0 aliphatic carbocycles. The molecule has 2 aromatic carbocycles. The molecule has 0 aliphatic heterocycles. The molecule has 2 aromatic rings. The average Bonchev–Trinajstić information content (AvgIpc) is 2.64. The van der Waals surface area contributed by atoms with Gasteiger partial charge in [0.1, 0.15) is 0 Å². The summed E-state index contributed by atoms with van der Waals surface area (Å²) in [6, 6.07) is 20.7. The largest absolute Gasteiger partial charge is 0.383 e. The van der Waals surface area contributed by atoms with Crippen LogP contribution >= 0.6 is 0 Å². The van der Waals surface area contributed by atoms with Gasteiger partial charge in [-0.15, -0.1) is 0 Å². The Morgan fingerprint density at radius 3 is 2.38 bits per heavy atom. The minimum absolute atomic E-state index is 0.0140. The molecular formula is C20H26N2O2. The Labute approximate surface area is 144 Å². The van der Waals surface area contributed by atoms with Crippen LogP contribution in [-0.2, 0) is 16.0 Å². The van der Waals surface area contributed by atoms with E-state index in [4.69, 9.17) is 4.74 Å². The van der Waals surface area contributed by atoms with E-state index in [0.717, 1.165) is 6.42 Å². The van der Waals surface area contributed by atoms with Gasteiger partial charge < -0.3 is 15.4 Å². The molecule has 4 heteroatoms. The Bertz CT molecular complexity index is 587. The fourth-order valence-corrected chi connectivity index (χ4v) is 2.61. The number of ether oxygens (including phenoxy) is 1. The first kappa shape index (κ1) is 18.2. The van der Waals surface area contributed by atoms with Crippen LogP contribution in [0.2, 0.25) is 0 Å². The predicted octanol–water partition coefficient (Wildman–Crippen LogP) is 2.37. The molecule has 0 bridgehead atoms. The van der Waals surface area contributed by atoms with Gasteiger partial charge in [-0.1, -0.05) is 60.7 Å². The summed E-state index contributed by atoms with van der Waals surface area (Å²) in [5.74, 6) is 0.275. The first-order valence-electron chi connectivity index (χ1n) is 8.35. The molecule has 0 aromatic heterocycles. The van der Waals surface area contributed by atoms with Gasteiger partial charge in [0.25, 0.3) is 0 Å². The van der Waals surface area contributed by atoms with Crippen LogP contribution in [0.1, 0.15) is 17.0 Å². The third kappa shape index (κ3) is 6.52. The highest BCUT2D eigenvalue weighted by atomic mass is 16.5. The fraction of sp³-hybridized carbons (Fsp3) is 0.350. The smallest absolute Gasteiger partial charge is 0.233 e. The Morgan fingerprint density at radius 1 is 1.04 bits per heavy atom. The monoisotopic (exact) mass is 326 g/mol. The molecule has 0 aliphatic rings. The van der Waals surface area contributed by atoms with E-state index in [0.29, 0.717) is 26.2 Å². The zero-order chi connectivity index (χ0) is 17.0. The van der Waals surface area contributed by atoms with Crippen molar-refractivity contribution in [2.75, 3.05) is 33.4 Å².